The Bertz CT molecular complexity index is 424. The molecule has 0 aliphatic heterocycles. The van der Waals surface area contributed by atoms with Crippen molar-refractivity contribution in [2.45, 2.75) is 45.1 Å². The molecule has 1 atom stereocenters. The fraction of sp³-hybridized carbons (Fsp3) is 0.611. The summed E-state index contributed by atoms with van der Waals surface area (Å²) in [6, 6.07) is 12.6. The lowest BCUT2D eigenvalue weighted by molar-refractivity contribution is 0.277. The van der Waals surface area contributed by atoms with E-state index in [9.17, 15) is 5.26 Å². The largest absolute Gasteiger partial charge is 0.306 e. The molecule has 0 saturated carbocycles. The van der Waals surface area contributed by atoms with Crippen molar-refractivity contribution in [1.82, 2.24) is 10.2 Å². The smallest absolute Gasteiger partial charge is 0.133 e. The molecule has 1 aromatic rings. The Hall–Kier alpha value is -1.37. The highest BCUT2D eigenvalue weighted by atomic mass is 15.1. The molecule has 0 aliphatic rings. The number of unbranched alkanes of at least 4 members (excludes halogenated alkanes) is 2. The standard InChI is InChI=1S/C18H29N3/c1-4-6-10-14-21(3)15-13-18(16-19,20-5-2)17-11-8-7-9-12-17/h7-9,11-12,20H,4-6,10,13-15H2,1-3H3. The van der Waals surface area contributed by atoms with Crippen molar-refractivity contribution in [3.63, 3.8) is 0 Å². The molecule has 0 aromatic heterocycles. The molecule has 0 heterocycles. The third-order valence-electron chi connectivity index (χ3n) is 3.95. The highest BCUT2D eigenvalue weighted by molar-refractivity contribution is 5.31. The van der Waals surface area contributed by atoms with E-state index >= 15 is 0 Å². The Balaban J connectivity index is 2.69. The second-order valence-electron chi connectivity index (χ2n) is 5.67. The first-order valence-electron chi connectivity index (χ1n) is 8.09. The third kappa shape index (κ3) is 5.49. The number of nitrogens with zero attached hydrogens (tertiary/aromatic N) is 2. The molecule has 1 rings (SSSR count). The van der Waals surface area contributed by atoms with Gasteiger partial charge in [-0.2, -0.15) is 5.26 Å². The van der Waals surface area contributed by atoms with Gasteiger partial charge in [0.05, 0.1) is 6.07 Å². The maximum absolute atomic E-state index is 9.76. The second-order valence-corrected chi connectivity index (χ2v) is 5.67. The van der Waals surface area contributed by atoms with Crippen LogP contribution in [0.4, 0.5) is 0 Å². The number of hydrogen-bond acceptors (Lipinski definition) is 3. The van der Waals surface area contributed by atoms with Crippen LogP contribution in [0, 0.1) is 11.3 Å². The van der Waals surface area contributed by atoms with Gasteiger partial charge in [-0.05, 0) is 38.5 Å². The van der Waals surface area contributed by atoms with Gasteiger partial charge in [0.1, 0.15) is 5.54 Å². The SMILES string of the molecule is CCCCCN(C)CCC(C#N)(NCC)c1ccccc1. The van der Waals surface area contributed by atoms with E-state index in [4.69, 9.17) is 0 Å². The second kappa shape index (κ2) is 9.55. The van der Waals surface area contributed by atoms with Gasteiger partial charge in [-0.25, -0.2) is 0 Å². The highest BCUT2D eigenvalue weighted by Gasteiger charge is 2.31. The number of nitriles is 1. The zero-order valence-electron chi connectivity index (χ0n) is 13.7. The maximum atomic E-state index is 9.76. The van der Waals surface area contributed by atoms with Crippen LogP contribution in [-0.2, 0) is 5.54 Å². The summed E-state index contributed by atoms with van der Waals surface area (Å²) in [5, 5.41) is 13.2. The molecule has 0 radical (unpaired) electrons. The predicted molar refractivity (Wildman–Crippen MR) is 89.0 cm³/mol. The van der Waals surface area contributed by atoms with Crippen molar-refractivity contribution in [3.05, 3.63) is 35.9 Å². The number of benzene rings is 1. The molecule has 116 valence electrons. The van der Waals surface area contributed by atoms with Gasteiger partial charge < -0.3 is 4.90 Å². The Morgan fingerprint density at radius 2 is 1.86 bits per heavy atom. The molecule has 0 bridgehead atoms. The molecule has 3 heteroatoms. The maximum Gasteiger partial charge on any atom is 0.133 e. The first-order chi connectivity index (χ1) is 10.2. The van der Waals surface area contributed by atoms with Crippen LogP contribution in [0.25, 0.3) is 0 Å². The Kier molecular flexibility index (Phi) is 8.04. The van der Waals surface area contributed by atoms with Crippen LogP contribution in [-0.4, -0.2) is 31.6 Å². The van der Waals surface area contributed by atoms with Crippen molar-refractivity contribution < 1.29 is 0 Å². The van der Waals surface area contributed by atoms with E-state index < -0.39 is 5.54 Å². The van der Waals surface area contributed by atoms with Gasteiger partial charge in [0.15, 0.2) is 0 Å². The predicted octanol–water partition coefficient (Wildman–Crippen LogP) is 3.53. The molecular formula is C18H29N3. The molecule has 0 saturated heterocycles. The van der Waals surface area contributed by atoms with Crippen LogP contribution >= 0.6 is 0 Å². The van der Waals surface area contributed by atoms with E-state index in [-0.39, 0.29) is 0 Å². The molecule has 1 aromatic carbocycles. The summed E-state index contributed by atoms with van der Waals surface area (Å²) in [7, 11) is 2.15. The summed E-state index contributed by atoms with van der Waals surface area (Å²) in [4.78, 5) is 2.34. The summed E-state index contributed by atoms with van der Waals surface area (Å²) >= 11 is 0. The van der Waals surface area contributed by atoms with E-state index in [0.717, 1.165) is 31.6 Å². The number of nitrogens with one attached hydrogen (secondary N) is 1. The molecule has 0 aliphatic carbocycles. The van der Waals surface area contributed by atoms with Gasteiger partial charge in [0.2, 0.25) is 0 Å². The first kappa shape index (κ1) is 17.7. The van der Waals surface area contributed by atoms with Gasteiger partial charge in [-0.15, -0.1) is 0 Å². The molecule has 3 nitrogen and oxygen atoms in total. The van der Waals surface area contributed by atoms with Crippen molar-refractivity contribution in [3.8, 4) is 6.07 Å². The van der Waals surface area contributed by atoms with Crippen molar-refractivity contribution in [2.75, 3.05) is 26.7 Å². The molecule has 1 unspecified atom stereocenters. The zero-order valence-corrected chi connectivity index (χ0v) is 13.7. The lowest BCUT2D eigenvalue weighted by Gasteiger charge is -2.30. The normalized spacial score (nSPS) is 13.9. The average molecular weight is 287 g/mol. The van der Waals surface area contributed by atoms with Crippen LogP contribution < -0.4 is 5.32 Å². The van der Waals surface area contributed by atoms with E-state index in [1.165, 1.54) is 19.3 Å². The Morgan fingerprint density at radius 1 is 1.14 bits per heavy atom. The molecular weight excluding hydrogens is 258 g/mol. The lowest BCUT2D eigenvalue weighted by Crippen LogP contribution is -2.43. The van der Waals surface area contributed by atoms with Crippen LogP contribution in [0.2, 0.25) is 0 Å². The van der Waals surface area contributed by atoms with Crippen molar-refractivity contribution in [1.29, 1.82) is 5.26 Å². The average Bonchev–Trinajstić information content (AvgIpc) is 2.52. The minimum Gasteiger partial charge on any atom is -0.306 e. The molecule has 0 fully saturated rings. The number of hydrogen-bond donors (Lipinski definition) is 1. The Labute approximate surface area is 130 Å². The monoisotopic (exact) mass is 287 g/mol. The van der Waals surface area contributed by atoms with Crippen molar-refractivity contribution in [2.24, 2.45) is 0 Å². The van der Waals surface area contributed by atoms with E-state index in [2.05, 4.69) is 37.2 Å². The third-order valence-corrected chi connectivity index (χ3v) is 3.95. The van der Waals surface area contributed by atoms with Crippen LogP contribution in [0.3, 0.4) is 0 Å². The number of rotatable bonds is 10. The van der Waals surface area contributed by atoms with Crippen molar-refractivity contribution >= 4 is 0 Å². The van der Waals surface area contributed by atoms with Crippen LogP contribution in [0.1, 0.15) is 45.1 Å². The molecule has 0 spiro atoms. The summed E-state index contributed by atoms with van der Waals surface area (Å²) in [5.41, 5.74) is 0.492. The Morgan fingerprint density at radius 3 is 2.43 bits per heavy atom. The van der Waals surface area contributed by atoms with E-state index in [0.29, 0.717) is 0 Å². The fourth-order valence-electron chi connectivity index (χ4n) is 2.62. The van der Waals surface area contributed by atoms with Gasteiger partial charge >= 0.3 is 0 Å². The van der Waals surface area contributed by atoms with Crippen LogP contribution in [0.5, 0.6) is 0 Å². The molecule has 21 heavy (non-hydrogen) atoms. The topological polar surface area (TPSA) is 39.1 Å². The highest BCUT2D eigenvalue weighted by Crippen LogP contribution is 2.24. The summed E-state index contributed by atoms with van der Waals surface area (Å²) < 4.78 is 0. The van der Waals surface area contributed by atoms with Gasteiger partial charge in [-0.3, -0.25) is 5.32 Å². The van der Waals surface area contributed by atoms with Gasteiger partial charge in [-0.1, -0.05) is 57.0 Å². The fourth-order valence-corrected chi connectivity index (χ4v) is 2.62. The lowest BCUT2D eigenvalue weighted by atomic mass is 9.87. The summed E-state index contributed by atoms with van der Waals surface area (Å²) in [5.74, 6) is 0. The van der Waals surface area contributed by atoms with E-state index in [1.54, 1.807) is 0 Å². The zero-order chi connectivity index (χ0) is 15.6. The molecule has 0 amide bonds. The summed E-state index contributed by atoms with van der Waals surface area (Å²) in [6.45, 7) is 7.11. The summed E-state index contributed by atoms with van der Waals surface area (Å²) in [6.07, 6.45) is 4.57. The van der Waals surface area contributed by atoms with E-state index in [1.807, 2.05) is 30.3 Å². The van der Waals surface area contributed by atoms with Gasteiger partial charge in [0.25, 0.3) is 0 Å². The first-order valence-corrected chi connectivity index (χ1v) is 8.09. The van der Waals surface area contributed by atoms with Gasteiger partial charge in [0, 0.05) is 6.54 Å². The quantitative estimate of drug-likeness (QED) is 0.669. The minimum absolute atomic E-state index is 0.574. The molecule has 1 N–H and O–H groups in total. The van der Waals surface area contributed by atoms with Crippen LogP contribution in [0.15, 0.2) is 30.3 Å². The minimum atomic E-state index is -0.574.